The fourth-order valence-corrected chi connectivity index (χ4v) is 2.46. The minimum Gasteiger partial charge on any atom is -0.461 e. The van der Waals surface area contributed by atoms with E-state index < -0.39 is 12.4 Å². The van der Waals surface area contributed by atoms with Gasteiger partial charge in [0.2, 0.25) is 6.29 Å². The molecule has 2 aromatic rings. The van der Waals surface area contributed by atoms with E-state index in [4.69, 9.17) is 15.2 Å². The summed E-state index contributed by atoms with van der Waals surface area (Å²) >= 11 is 3.41. The number of aliphatic hydroxyl groups excluding tert-OH is 1. The number of aliphatic hydroxyl groups is 1. The van der Waals surface area contributed by atoms with Gasteiger partial charge in [0.15, 0.2) is 0 Å². The lowest BCUT2D eigenvalue weighted by atomic mass is 10.2. The number of fused-ring (bicyclic) bond motifs is 1. The highest BCUT2D eigenvalue weighted by Crippen LogP contribution is 2.34. The zero-order chi connectivity index (χ0) is 13.4. The first-order chi connectivity index (χ1) is 9.16. The normalized spacial score (nSPS) is 22.8. The second-order valence-electron chi connectivity index (χ2n) is 4.24. The average molecular weight is 326 g/mol. The molecule has 2 heterocycles. The SMILES string of the molecule is Nc1ncnc2c(Br)ccc(OC3OCCC3O)c12. The summed E-state index contributed by atoms with van der Waals surface area (Å²) in [6.45, 7) is 0.478. The number of anilines is 1. The van der Waals surface area contributed by atoms with Crippen LogP contribution in [0.25, 0.3) is 10.9 Å². The van der Waals surface area contributed by atoms with Crippen LogP contribution in [0.4, 0.5) is 5.82 Å². The Morgan fingerprint density at radius 3 is 3.00 bits per heavy atom. The van der Waals surface area contributed by atoms with Gasteiger partial charge < -0.3 is 20.3 Å². The molecule has 3 N–H and O–H groups in total. The van der Waals surface area contributed by atoms with Crippen LogP contribution in [0.2, 0.25) is 0 Å². The number of ether oxygens (including phenoxy) is 2. The molecule has 1 aliphatic heterocycles. The molecular weight excluding hydrogens is 314 g/mol. The van der Waals surface area contributed by atoms with E-state index in [0.717, 1.165) is 4.47 Å². The molecule has 0 bridgehead atoms. The lowest BCUT2D eigenvalue weighted by Gasteiger charge is -2.18. The smallest absolute Gasteiger partial charge is 0.226 e. The summed E-state index contributed by atoms with van der Waals surface area (Å²) in [4.78, 5) is 8.14. The van der Waals surface area contributed by atoms with Crippen LogP contribution in [-0.4, -0.2) is 34.1 Å². The Hall–Kier alpha value is -1.44. The van der Waals surface area contributed by atoms with E-state index in [9.17, 15) is 5.11 Å². The molecule has 0 aliphatic carbocycles. The number of nitrogens with zero attached hydrogens (tertiary/aromatic N) is 2. The van der Waals surface area contributed by atoms with Crippen LogP contribution in [0.15, 0.2) is 22.9 Å². The Morgan fingerprint density at radius 1 is 1.42 bits per heavy atom. The Labute approximate surface area is 117 Å². The van der Waals surface area contributed by atoms with Crippen molar-refractivity contribution in [1.29, 1.82) is 0 Å². The van der Waals surface area contributed by atoms with Crippen molar-refractivity contribution in [1.82, 2.24) is 9.97 Å². The largest absolute Gasteiger partial charge is 0.461 e. The van der Waals surface area contributed by atoms with Gasteiger partial charge >= 0.3 is 0 Å². The number of rotatable bonds is 2. The minimum absolute atomic E-state index is 0.328. The van der Waals surface area contributed by atoms with Gasteiger partial charge in [-0.15, -0.1) is 0 Å². The van der Waals surface area contributed by atoms with Crippen molar-refractivity contribution in [2.24, 2.45) is 0 Å². The van der Waals surface area contributed by atoms with Crippen molar-refractivity contribution in [3.05, 3.63) is 22.9 Å². The van der Waals surface area contributed by atoms with Crippen molar-refractivity contribution in [3.63, 3.8) is 0 Å². The second kappa shape index (κ2) is 4.92. The average Bonchev–Trinajstić information content (AvgIpc) is 2.79. The van der Waals surface area contributed by atoms with E-state index in [1.165, 1.54) is 6.33 Å². The highest BCUT2D eigenvalue weighted by Gasteiger charge is 2.28. The lowest BCUT2D eigenvalue weighted by molar-refractivity contribution is -0.0883. The molecule has 1 aliphatic rings. The molecule has 19 heavy (non-hydrogen) atoms. The van der Waals surface area contributed by atoms with Gasteiger partial charge in [-0.05, 0) is 28.1 Å². The Morgan fingerprint density at radius 2 is 2.26 bits per heavy atom. The third-order valence-electron chi connectivity index (χ3n) is 2.98. The summed E-state index contributed by atoms with van der Waals surface area (Å²) in [6, 6.07) is 3.56. The van der Waals surface area contributed by atoms with Crippen LogP contribution in [0.5, 0.6) is 5.75 Å². The summed E-state index contributed by atoms with van der Waals surface area (Å²) in [5.41, 5.74) is 6.54. The molecule has 100 valence electrons. The summed E-state index contributed by atoms with van der Waals surface area (Å²) in [6.07, 6.45) is 0.645. The van der Waals surface area contributed by atoms with Crippen LogP contribution >= 0.6 is 15.9 Å². The van der Waals surface area contributed by atoms with E-state index in [1.54, 1.807) is 6.07 Å². The molecular formula is C12H12BrN3O3. The topological polar surface area (TPSA) is 90.5 Å². The maximum Gasteiger partial charge on any atom is 0.226 e. The Kier molecular flexibility index (Phi) is 3.26. The lowest BCUT2D eigenvalue weighted by Crippen LogP contribution is -2.27. The second-order valence-corrected chi connectivity index (χ2v) is 5.10. The van der Waals surface area contributed by atoms with Gasteiger partial charge in [-0.2, -0.15) is 0 Å². The third kappa shape index (κ3) is 2.24. The molecule has 0 radical (unpaired) electrons. The molecule has 7 heteroatoms. The quantitative estimate of drug-likeness (QED) is 0.868. The third-order valence-corrected chi connectivity index (χ3v) is 3.62. The number of hydrogen-bond donors (Lipinski definition) is 2. The predicted molar refractivity (Wildman–Crippen MR) is 72.6 cm³/mol. The van der Waals surface area contributed by atoms with Crippen molar-refractivity contribution >= 4 is 32.7 Å². The monoisotopic (exact) mass is 325 g/mol. The van der Waals surface area contributed by atoms with Crippen molar-refractivity contribution in [3.8, 4) is 5.75 Å². The Bertz CT molecular complexity index is 622. The highest BCUT2D eigenvalue weighted by atomic mass is 79.9. The van der Waals surface area contributed by atoms with Gasteiger partial charge in [0, 0.05) is 10.9 Å². The predicted octanol–water partition coefficient (Wildman–Crippen LogP) is 1.46. The molecule has 1 aromatic heterocycles. The molecule has 2 unspecified atom stereocenters. The van der Waals surface area contributed by atoms with E-state index in [2.05, 4.69) is 25.9 Å². The standard InChI is InChI=1S/C12H12BrN3O3/c13-6-1-2-8(19-12-7(17)3-4-18-12)9-10(6)15-5-16-11(9)14/h1-2,5,7,12,17H,3-4H2,(H2,14,15,16). The van der Waals surface area contributed by atoms with Gasteiger partial charge in [0.05, 0.1) is 17.5 Å². The molecule has 6 nitrogen and oxygen atoms in total. The molecule has 2 atom stereocenters. The number of nitrogens with two attached hydrogens (primary N) is 1. The first-order valence-electron chi connectivity index (χ1n) is 5.82. The van der Waals surface area contributed by atoms with Crippen LogP contribution in [0.1, 0.15) is 6.42 Å². The first-order valence-corrected chi connectivity index (χ1v) is 6.61. The van der Waals surface area contributed by atoms with Gasteiger partial charge in [0.25, 0.3) is 0 Å². The van der Waals surface area contributed by atoms with Crippen molar-refractivity contribution < 1.29 is 14.6 Å². The van der Waals surface area contributed by atoms with E-state index >= 15 is 0 Å². The summed E-state index contributed by atoms with van der Waals surface area (Å²) in [5, 5.41) is 10.3. The zero-order valence-corrected chi connectivity index (χ0v) is 11.5. The maximum absolute atomic E-state index is 9.72. The molecule has 1 fully saturated rings. The summed E-state index contributed by atoms with van der Waals surface area (Å²) < 4.78 is 11.8. The molecule has 0 saturated carbocycles. The summed E-state index contributed by atoms with van der Waals surface area (Å²) in [5.74, 6) is 0.830. The number of nitrogen functional groups attached to an aromatic ring is 1. The Balaban J connectivity index is 2.06. The van der Waals surface area contributed by atoms with Crippen molar-refractivity contribution in [2.45, 2.75) is 18.8 Å². The van der Waals surface area contributed by atoms with Crippen molar-refractivity contribution in [2.75, 3.05) is 12.3 Å². The zero-order valence-electron chi connectivity index (χ0n) is 9.91. The van der Waals surface area contributed by atoms with E-state index in [1.807, 2.05) is 6.07 Å². The molecule has 1 saturated heterocycles. The molecule has 0 spiro atoms. The van der Waals surface area contributed by atoms with Gasteiger partial charge in [0.1, 0.15) is 24.0 Å². The van der Waals surface area contributed by atoms with Gasteiger partial charge in [-0.1, -0.05) is 0 Å². The minimum atomic E-state index is -0.677. The molecule has 1 aromatic carbocycles. The van der Waals surface area contributed by atoms with E-state index in [-0.39, 0.29) is 0 Å². The number of aromatic nitrogens is 2. The highest BCUT2D eigenvalue weighted by molar-refractivity contribution is 9.10. The maximum atomic E-state index is 9.72. The number of benzene rings is 1. The van der Waals surface area contributed by atoms with Crippen LogP contribution in [0.3, 0.4) is 0 Å². The van der Waals surface area contributed by atoms with E-state index in [0.29, 0.717) is 35.5 Å². The number of hydrogen-bond acceptors (Lipinski definition) is 6. The molecule has 0 amide bonds. The van der Waals surface area contributed by atoms with Crippen LogP contribution in [-0.2, 0) is 4.74 Å². The fraction of sp³-hybridized carbons (Fsp3) is 0.333. The molecule has 3 rings (SSSR count). The fourth-order valence-electron chi connectivity index (χ4n) is 2.02. The first kappa shape index (κ1) is 12.6. The van der Waals surface area contributed by atoms with Gasteiger partial charge in [-0.25, -0.2) is 9.97 Å². The van der Waals surface area contributed by atoms with Crippen LogP contribution in [0, 0.1) is 0 Å². The van der Waals surface area contributed by atoms with Crippen LogP contribution < -0.4 is 10.5 Å². The van der Waals surface area contributed by atoms with Gasteiger partial charge in [-0.3, -0.25) is 0 Å². The number of halogens is 1. The summed E-state index contributed by atoms with van der Waals surface area (Å²) in [7, 11) is 0.